The van der Waals surface area contributed by atoms with Gasteiger partial charge in [0.1, 0.15) is 6.04 Å². The molecular weight excluding hydrogens is 658 g/mol. The fourth-order valence-corrected chi connectivity index (χ4v) is 9.13. The Hall–Kier alpha value is -4.76. The lowest BCUT2D eigenvalue weighted by Gasteiger charge is -2.39. The van der Waals surface area contributed by atoms with Crippen LogP contribution >= 0.6 is 0 Å². The third kappa shape index (κ3) is 6.33. The molecule has 52 heavy (non-hydrogen) atoms. The number of aromatic nitrogens is 2. The van der Waals surface area contributed by atoms with Crippen molar-refractivity contribution in [2.24, 2.45) is 5.92 Å². The molecule has 0 radical (unpaired) electrons. The molecule has 12 heteroatoms. The molecule has 3 aromatic rings. The number of nitrogens with zero attached hydrogens (tertiary/aromatic N) is 6. The number of piperidine rings is 1. The van der Waals surface area contributed by atoms with Crippen molar-refractivity contribution in [3.8, 4) is 6.07 Å². The van der Waals surface area contributed by atoms with Crippen LogP contribution in [-0.2, 0) is 23.1 Å². The van der Waals surface area contributed by atoms with E-state index in [0.29, 0.717) is 42.1 Å². The molecule has 274 valence electrons. The Kier molecular flexibility index (Phi) is 9.59. The summed E-state index contributed by atoms with van der Waals surface area (Å²) in [6.07, 6.45) is 8.14. The average molecular weight is 708 g/mol. The van der Waals surface area contributed by atoms with Crippen molar-refractivity contribution in [1.29, 1.82) is 5.26 Å². The normalized spacial score (nSPS) is 22.3. The molecule has 1 aromatic heterocycles. The van der Waals surface area contributed by atoms with Crippen LogP contribution in [0.25, 0.3) is 0 Å². The SMILES string of the molecule is C[C@H](CC1(c2nc(=O)on2C2CCCCC2)c2ccc(C(=O)N(C)C)cc2CCc2cc(C(=O)N(C)C)ccc21)NCC(=O)N1C(C#N)C[C@@H]2C[C@@H]21. The minimum absolute atomic E-state index is 0.0513. The topological polar surface area (TPSA) is 145 Å². The number of carbonyl (C=O) groups is 3. The van der Waals surface area contributed by atoms with Crippen molar-refractivity contribution in [2.75, 3.05) is 34.7 Å². The lowest BCUT2D eigenvalue weighted by atomic mass is 9.67. The predicted octanol–water partition coefficient (Wildman–Crippen LogP) is 4.06. The smallest absolute Gasteiger partial charge is 0.345 e. The zero-order valence-electron chi connectivity index (χ0n) is 30.9. The summed E-state index contributed by atoms with van der Waals surface area (Å²) < 4.78 is 7.75. The lowest BCUT2D eigenvalue weighted by Crippen LogP contribution is -2.47. The Bertz CT molecular complexity index is 1910. The average Bonchev–Trinajstić information content (AvgIpc) is 3.67. The third-order valence-corrected chi connectivity index (χ3v) is 11.7. The molecule has 7 rings (SSSR count). The van der Waals surface area contributed by atoms with E-state index in [4.69, 9.17) is 9.51 Å². The van der Waals surface area contributed by atoms with Crippen molar-refractivity contribution in [1.82, 2.24) is 29.7 Å². The van der Waals surface area contributed by atoms with E-state index in [0.717, 1.165) is 67.2 Å². The number of nitriles is 1. The van der Waals surface area contributed by atoms with Crippen LogP contribution in [0.4, 0.5) is 0 Å². The second kappa shape index (κ2) is 14.0. The van der Waals surface area contributed by atoms with E-state index in [1.165, 1.54) is 0 Å². The van der Waals surface area contributed by atoms with Crippen molar-refractivity contribution in [3.63, 3.8) is 0 Å². The Labute approximate surface area is 304 Å². The summed E-state index contributed by atoms with van der Waals surface area (Å²) >= 11 is 0. The summed E-state index contributed by atoms with van der Waals surface area (Å²) in [6.45, 7) is 2.10. The van der Waals surface area contributed by atoms with Gasteiger partial charge in [0.15, 0.2) is 5.82 Å². The van der Waals surface area contributed by atoms with Gasteiger partial charge < -0.3 is 24.5 Å². The van der Waals surface area contributed by atoms with Gasteiger partial charge in [-0.15, -0.1) is 0 Å². The lowest BCUT2D eigenvalue weighted by molar-refractivity contribution is -0.131. The number of carbonyl (C=O) groups excluding carboxylic acids is 3. The molecule has 1 N–H and O–H groups in total. The molecule has 4 aliphatic rings. The molecule has 3 amide bonds. The molecule has 1 saturated heterocycles. The highest BCUT2D eigenvalue weighted by Crippen LogP contribution is 2.50. The Balaban J connectivity index is 1.39. The molecule has 2 heterocycles. The van der Waals surface area contributed by atoms with Gasteiger partial charge >= 0.3 is 5.76 Å². The van der Waals surface area contributed by atoms with Gasteiger partial charge in [-0.1, -0.05) is 31.4 Å². The molecular formula is C40H49N7O5. The molecule has 0 bridgehead atoms. The first-order valence-electron chi connectivity index (χ1n) is 18.7. The number of hydrogen-bond acceptors (Lipinski definition) is 8. The highest BCUT2D eigenvalue weighted by atomic mass is 16.5. The number of fused-ring (bicyclic) bond motifs is 3. The quantitative estimate of drug-likeness (QED) is 0.351. The number of aryl methyl sites for hydroxylation is 2. The molecule has 4 atom stereocenters. The van der Waals surface area contributed by atoms with Gasteiger partial charge in [-0.2, -0.15) is 15.0 Å². The van der Waals surface area contributed by atoms with E-state index in [9.17, 15) is 24.4 Å². The first-order valence-corrected chi connectivity index (χ1v) is 18.7. The number of hydrogen-bond donors (Lipinski definition) is 1. The molecule has 3 aliphatic carbocycles. The first kappa shape index (κ1) is 35.6. The summed E-state index contributed by atoms with van der Waals surface area (Å²) in [7, 11) is 6.92. The van der Waals surface area contributed by atoms with Crippen LogP contribution in [0, 0.1) is 17.2 Å². The maximum absolute atomic E-state index is 13.6. The van der Waals surface area contributed by atoms with Crippen LogP contribution in [0.1, 0.15) is 113 Å². The summed E-state index contributed by atoms with van der Waals surface area (Å²) in [5.74, 6) is -0.0596. The minimum atomic E-state index is -1.05. The van der Waals surface area contributed by atoms with Crippen LogP contribution in [0.3, 0.4) is 0 Å². The maximum atomic E-state index is 13.6. The van der Waals surface area contributed by atoms with Gasteiger partial charge in [0.2, 0.25) is 5.91 Å². The molecule has 1 unspecified atom stereocenters. The molecule has 0 spiro atoms. The number of likely N-dealkylation sites (tertiary alicyclic amines) is 1. The first-order chi connectivity index (χ1) is 24.9. The Morgan fingerprint density at radius 3 is 2.12 bits per heavy atom. The maximum Gasteiger partial charge on any atom is 0.459 e. The van der Waals surface area contributed by atoms with Gasteiger partial charge in [-0.25, -0.2) is 4.79 Å². The summed E-state index contributed by atoms with van der Waals surface area (Å²) in [6, 6.07) is 13.3. The largest absolute Gasteiger partial charge is 0.459 e. The monoisotopic (exact) mass is 707 g/mol. The number of rotatable bonds is 9. The van der Waals surface area contributed by atoms with Crippen molar-refractivity contribution < 1.29 is 18.9 Å². The van der Waals surface area contributed by atoms with Crippen LogP contribution in [0.5, 0.6) is 0 Å². The molecule has 2 saturated carbocycles. The number of nitrogens with one attached hydrogen (secondary N) is 1. The fraction of sp³-hybridized carbons (Fsp3) is 0.550. The van der Waals surface area contributed by atoms with Crippen LogP contribution < -0.4 is 11.1 Å². The van der Waals surface area contributed by atoms with E-state index >= 15 is 0 Å². The van der Waals surface area contributed by atoms with Crippen LogP contribution in [-0.4, -0.2) is 95.0 Å². The van der Waals surface area contributed by atoms with Gasteiger partial charge in [-0.05, 0) is 104 Å². The highest BCUT2D eigenvalue weighted by molar-refractivity contribution is 5.95. The summed E-state index contributed by atoms with van der Waals surface area (Å²) in [5.41, 5.74) is 3.80. The zero-order valence-corrected chi connectivity index (χ0v) is 30.9. The van der Waals surface area contributed by atoms with E-state index in [1.807, 2.05) is 43.3 Å². The zero-order chi connectivity index (χ0) is 36.9. The van der Waals surface area contributed by atoms with Gasteiger partial charge in [0.25, 0.3) is 11.8 Å². The predicted molar refractivity (Wildman–Crippen MR) is 194 cm³/mol. The molecule has 3 fully saturated rings. The Morgan fingerprint density at radius 1 is 0.962 bits per heavy atom. The van der Waals surface area contributed by atoms with E-state index in [2.05, 4.69) is 11.4 Å². The van der Waals surface area contributed by atoms with E-state index in [1.54, 1.807) is 47.6 Å². The van der Waals surface area contributed by atoms with Gasteiger partial charge in [0.05, 0.1) is 24.1 Å². The van der Waals surface area contributed by atoms with Crippen molar-refractivity contribution in [3.05, 3.63) is 86.2 Å². The van der Waals surface area contributed by atoms with Gasteiger partial charge in [0, 0.05) is 51.4 Å². The Morgan fingerprint density at radius 2 is 1.56 bits per heavy atom. The highest BCUT2D eigenvalue weighted by Gasteiger charge is 2.54. The number of benzene rings is 2. The van der Waals surface area contributed by atoms with E-state index < -0.39 is 17.2 Å². The molecule has 2 aromatic carbocycles. The number of amides is 3. The van der Waals surface area contributed by atoms with Crippen molar-refractivity contribution >= 4 is 17.7 Å². The van der Waals surface area contributed by atoms with Crippen molar-refractivity contribution in [2.45, 2.75) is 101 Å². The fourth-order valence-electron chi connectivity index (χ4n) is 9.13. The van der Waals surface area contributed by atoms with Gasteiger partial charge in [-0.3, -0.25) is 14.4 Å². The molecule has 12 nitrogen and oxygen atoms in total. The second-order valence-corrected chi connectivity index (χ2v) is 15.7. The van der Waals surface area contributed by atoms with E-state index in [-0.39, 0.29) is 42.4 Å². The third-order valence-electron chi connectivity index (χ3n) is 11.7. The minimum Gasteiger partial charge on any atom is -0.345 e. The van der Waals surface area contributed by atoms with Crippen LogP contribution in [0.2, 0.25) is 0 Å². The summed E-state index contributed by atoms with van der Waals surface area (Å²) in [4.78, 5) is 63.0. The standard InChI is InChI=1S/C40H49N7O5/c1-24(42-23-35(48)46-31(22-41)19-29-20-34(29)46)21-40(38-43-39(51)52-47(38)30-9-7-6-8-10-30)32-15-13-27(36(49)44(2)3)17-25(32)11-12-26-18-28(14-16-33(26)40)37(50)45(4)5/h13-18,24,29-31,34,42H,6-12,19-21,23H2,1-5H3/t24-,29-,31?,34+/m1/s1. The summed E-state index contributed by atoms with van der Waals surface area (Å²) in [5, 5.41) is 13.2. The van der Waals surface area contributed by atoms with Crippen LogP contribution in [0.15, 0.2) is 45.7 Å². The second-order valence-electron chi connectivity index (χ2n) is 15.7. The molecule has 1 aliphatic heterocycles.